The normalized spacial score (nSPS) is 10.6. The lowest BCUT2D eigenvalue weighted by atomic mass is 10.2. The second kappa shape index (κ2) is 2.62. The molecule has 2 aromatic rings. The third-order valence-electron chi connectivity index (χ3n) is 1.90. The van der Waals surface area contributed by atoms with E-state index in [1.807, 2.05) is 6.92 Å². The zero-order chi connectivity index (χ0) is 9.42. The van der Waals surface area contributed by atoms with E-state index in [2.05, 4.69) is 15.3 Å². The van der Waals surface area contributed by atoms with E-state index < -0.39 is 0 Å². The van der Waals surface area contributed by atoms with Gasteiger partial charge in [-0.25, -0.2) is 9.67 Å². The summed E-state index contributed by atoms with van der Waals surface area (Å²) in [6.07, 6.45) is 1.60. The van der Waals surface area contributed by atoms with Crippen molar-refractivity contribution in [1.29, 1.82) is 0 Å². The van der Waals surface area contributed by atoms with Crippen LogP contribution in [0.4, 0.5) is 0 Å². The molecule has 0 saturated carbocycles. The predicted octanol–water partition coefficient (Wildman–Crippen LogP) is 0.0319. The second-order valence-electron chi connectivity index (χ2n) is 2.84. The third kappa shape index (κ3) is 1.09. The van der Waals surface area contributed by atoms with Gasteiger partial charge in [0.15, 0.2) is 5.52 Å². The maximum absolute atomic E-state index is 11.5. The molecule has 0 aliphatic rings. The van der Waals surface area contributed by atoms with Crippen LogP contribution in [-0.2, 0) is 7.05 Å². The Bertz CT molecular complexity index is 517. The first kappa shape index (κ1) is 7.85. The average molecular weight is 176 g/mol. The van der Waals surface area contributed by atoms with Gasteiger partial charge >= 0.3 is 0 Å². The molecule has 0 saturated heterocycles. The first-order valence-corrected chi connectivity index (χ1v) is 3.85. The zero-order valence-electron chi connectivity index (χ0n) is 7.35. The van der Waals surface area contributed by atoms with Gasteiger partial charge in [0.25, 0.3) is 5.56 Å². The van der Waals surface area contributed by atoms with Gasteiger partial charge in [-0.05, 0) is 18.6 Å². The second-order valence-corrected chi connectivity index (χ2v) is 2.84. The summed E-state index contributed by atoms with van der Waals surface area (Å²) in [6.45, 7) is 1.87. The lowest BCUT2D eigenvalue weighted by Crippen LogP contribution is -2.21. The molecule has 5 heteroatoms. The Labute approximate surface area is 74.0 Å². The molecule has 5 nitrogen and oxygen atoms in total. The smallest absolute Gasteiger partial charge is 0.265 e. The topological polar surface area (TPSA) is 60.7 Å². The van der Waals surface area contributed by atoms with Crippen LogP contribution in [0, 0.1) is 6.92 Å². The summed E-state index contributed by atoms with van der Waals surface area (Å²) in [6, 6.07) is 1.80. The molecule has 0 radical (unpaired) electrons. The number of aryl methyl sites for hydroxylation is 2. The molecule has 0 spiro atoms. The highest BCUT2D eigenvalue weighted by Gasteiger charge is 2.05. The Kier molecular flexibility index (Phi) is 1.58. The maximum Gasteiger partial charge on any atom is 0.295 e. The molecule has 0 aliphatic carbocycles. The van der Waals surface area contributed by atoms with Crippen molar-refractivity contribution in [3.05, 3.63) is 28.2 Å². The van der Waals surface area contributed by atoms with Crippen LogP contribution in [0.15, 0.2) is 17.1 Å². The first-order chi connectivity index (χ1) is 6.20. The van der Waals surface area contributed by atoms with Crippen molar-refractivity contribution >= 4 is 11.0 Å². The van der Waals surface area contributed by atoms with Gasteiger partial charge in [0.1, 0.15) is 5.52 Å². The van der Waals surface area contributed by atoms with Crippen molar-refractivity contribution in [1.82, 2.24) is 20.0 Å². The quantitative estimate of drug-likeness (QED) is 0.568. The third-order valence-corrected chi connectivity index (χ3v) is 1.90. The minimum absolute atomic E-state index is 0.214. The van der Waals surface area contributed by atoms with Crippen LogP contribution in [0.1, 0.15) is 5.56 Å². The maximum atomic E-state index is 11.5. The Morgan fingerprint density at radius 2 is 2.15 bits per heavy atom. The fraction of sp³-hybridized carbons (Fsp3) is 0.250. The van der Waals surface area contributed by atoms with Crippen LogP contribution in [0.2, 0.25) is 0 Å². The van der Waals surface area contributed by atoms with Crippen molar-refractivity contribution in [2.45, 2.75) is 6.92 Å². The van der Waals surface area contributed by atoms with Crippen LogP contribution >= 0.6 is 0 Å². The Balaban J connectivity index is 3.03. The minimum atomic E-state index is -0.214. The van der Waals surface area contributed by atoms with Gasteiger partial charge in [-0.1, -0.05) is 5.21 Å². The molecule has 0 bridgehead atoms. The highest BCUT2D eigenvalue weighted by molar-refractivity contribution is 5.75. The lowest BCUT2D eigenvalue weighted by Gasteiger charge is -1.99. The molecule has 0 amide bonds. The van der Waals surface area contributed by atoms with Gasteiger partial charge in [-0.3, -0.25) is 4.79 Å². The van der Waals surface area contributed by atoms with E-state index in [-0.39, 0.29) is 5.56 Å². The molecule has 2 rings (SSSR count). The van der Waals surface area contributed by atoms with Gasteiger partial charge in [-0.2, -0.15) is 0 Å². The van der Waals surface area contributed by atoms with E-state index in [9.17, 15) is 4.79 Å². The number of pyridine rings is 1. The number of aromatic nitrogens is 4. The molecule has 2 heterocycles. The molecular weight excluding hydrogens is 168 g/mol. The molecule has 0 aromatic carbocycles. The summed E-state index contributed by atoms with van der Waals surface area (Å²) in [7, 11) is 1.55. The number of fused-ring (bicyclic) bond motifs is 1. The van der Waals surface area contributed by atoms with E-state index >= 15 is 0 Å². The summed E-state index contributed by atoms with van der Waals surface area (Å²) < 4.78 is 1.18. The van der Waals surface area contributed by atoms with Crippen molar-refractivity contribution in [3.63, 3.8) is 0 Å². The van der Waals surface area contributed by atoms with E-state index in [1.54, 1.807) is 19.3 Å². The standard InChI is InChI=1S/C8H8N4O/c1-5-3-4-9-7-6(5)10-11-12(2)8(7)13/h3-4H,1-2H3. The van der Waals surface area contributed by atoms with Crippen LogP contribution in [0.5, 0.6) is 0 Å². The van der Waals surface area contributed by atoms with E-state index in [0.29, 0.717) is 11.0 Å². The summed E-state index contributed by atoms with van der Waals surface area (Å²) >= 11 is 0. The van der Waals surface area contributed by atoms with Crippen molar-refractivity contribution in [3.8, 4) is 0 Å². The van der Waals surface area contributed by atoms with Crippen molar-refractivity contribution in [2.24, 2.45) is 7.05 Å². The van der Waals surface area contributed by atoms with Gasteiger partial charge < -0.3 is 0 Å². The molecular formula is C8H8N4O. The van der Waals surface area contributed by atoms with E-state index in [1.165, 1.54) is 4.68 Å². The molecule has 66 valence electrons. The fourth-order valence-corrected chi connectivity index (χ4v) is 1.14. The van der Waals surface area contributed by atoms with Gasteiger partial charge in [0, 0.05) is 13.2 Å². The average Bonchev–Trinajstić information content (AvgIpc) is 2.12. The van der Waals surface area contributed by atoms with Crippen LogP contribution in [0.3, 0.4) is 0 Å². The Hall–Kier alpha value is -1.78. The SMILES string of the molecule is Cc1ccnc2c(=O)n(C)nnc12. The number of hydrogen-bond acceptors (Lipinski definition) is 4. The summed E-state index contributed by atoms with van der Waals surface area (Å²) in [5.41, 5.74) is 1.65. The van der Waals surface area contributed by atoms with Gasteiger partial charge in [0.2, 0.25) is 0 Å². The Morgan fingerprint density at radius 1 is 1.38 bits per heavy atom. The number of rotatable bonds is 0. The van der Waals surface area contributed by atoms with E-state index in [4.69, 9.17) is 0 Å². The fourth-order valence-electron chi connectivity index (χ4n) is 1.14. The number of nitrogens with zero attached hydrogens (tertiary/aromatic N) is 4. The number of hydrogen-bond donors (Lipinski definition) is 0. The molecule has 0 unspecified atom stereocenters. The van der Waals surface area contributed by atoms with Crippen LogP contribution < -0.4 is 5.56 Å². The van der Waals surface area contributed by atoms with Crippen LogP contribution in [-0.4, -0.2) is 20.0 Å². The highest BCUT2D eigenvalue weighted by Crippen LogP contribution is 2.06. The summed E-state index contributed by atoms with van der Waals surface area (Å²) in [5.74, 6) is 0. The monoisotopic (exact) mass is 176 g/mol. The largest absolute Gasteiger partial charge is 0.295 e. The molecule has 0 fully saturated rings. The molecule has 2 aromatic heterocycles. The molecule has 13 heavy (non-hydrogen) atoms. The van der Waals surface area contributed by atoms with Crippen molar-refractivity contribution < 1.29 is 0 Å². The molecule has 0 aliphatic heterocycles. The summed E-state index contributed by atoms with van der Waals surface area (Å²) in [5, 5.41) is 7.57. The van der Waals surface area contributed by atoms with Gasteiger partial charge in [-0.15, -0.1) is 5.10 Å². The molecule has 0 atom stereocenters. The summed E-state index contributed by atoms with van der Waals surface area (Å²) in [4.78, 5) is 15.4. The zero-order valence-corrected chi connectivity index (χ0v) is 7.35. The highest BCUT2D eigenvalue weighted by atomic mass is 16.1. The van der Waals surface area contributed by atoms with Crippen molar-refractivity contribution in [2.75, 3.05) is 0 Å². The minimum Gasteiger partial charge on any atom is -0.265 e. The predicted molar refractivity (Wildman–Crippen MR) is 47.3 cm³/mol. The van der Waals surface area contributed by atoms with Crippen LogP contribution in [0.25, 0.3) is 11.0 Å². The van der Waals surface area contributed by atoms with E-state index in [0.717, 1.165) is 5.56 Å². The first-order valence-electron chi connectivity index (χ1n) is 3.85. The molecule has 0 N–H and O–H groups in total. The van der Waals surface area contributed by atoms with Gasteiger partial charge in [0.05, 0.1) is 0 Å². The Morgan fingerprint density at radius 3 is 2.92 bits per heavy atom. The lowest BCUT2D eigenvalue weighted by molar-refractivity contribution is 0.654.